The minimum Gasteiger partial charge on any atom is -0.356 e. The fourth-order valence-electron chi connectivity index (χ4n) is 3.38. The van der Waals surface area contributed by atoms with Gasteiger partial charge in [-0.15, -0.1) is 11.3 Å². The molecule has 0 bridgehead atoms. The van der Waals surface area contributed by atoms with E-state index in [1.165, 1.54) is 15.4 Å². The van der Waals surface area contributed by atoms with Crippen LogP contribution in [-0.2, 0) is 19.4 Å². The summed E-state index contributed by atoms with van der Waals surface area (Å²) in [4.78, 5) is 12.8. The van der Waals surface area contributed by atoms with Gasteiger partial charge in [-0.3, -0.25) is 9.89 Å². The number of likely N-dealkylation sites (tertiary alicyclic amines) is 1. The van der Waals surface area contributed by atoms with Crippen LogP contribution in [0.4, 0.5) is 0 Å². The first kappa shape index (κ1) is 19.8. The van der Waals surface area contributed by atoms with Crippen molar-refractivity contribution in [1.29, 1.82) is 0 Å². The molecular weight excluding hydrogens is 354 g/mol. The predicted molar refractivity (Wildman–Crippen MR) is 114 cm³/mol. The van der Waals surface area contributed by atoms with Crippen LogP contribution in [0.15, 0.2) is 41.5 Å². The van der Waals surface area contributed by atoms with Crippen LogP contribution in [0.2, 0.25) is 0 Å². The average molecular weight is 386 g/mol. The van der Waals surface area contributed by atoms with Gasteiger partial charge in [-0.1, -0.05) is 37.3 Å². The van der Waals surface area contributed by atoms with E-state index in [2.05, 4.69) is 62.8 Å². The number of aliphatic imine (C=N–C) groups is 1. The molecule has 6 heteroatoms. The van der Waals surface area contributed by atoms with Crippen molar-refractivity contribution in [2.24, 2.45) is 4.99 Å². The van der Waals surface area contributed by atoms with Gasteiger partial charge in [0.05, 0.1) is 5.01 Å². The number of guanidine groups is 1. The fraction of sp³-hybridized carbons (Fsp3) is 0.524. The molecule has 0 saturated carbocycles. The molecular formula is C21H31N5S. The molecule has 27 heavy (non-hydrogen) atoms. The highest BCUT2D eigenvalue weighted by Crippen LogP contribution is 2.14. The molecule has 2 heterocycles. The van der Waals surface area contributed by atoms with Gasteiger partial charge in [0.25, 0.3) is 0 Å². The van der Waals surface area contributed by atoms with Crippen molar-refractivity contribution < 1.29 is 0 Å². The molecule has 0 aliphatic carbocycles. The summed E-state index contributed by atoms with van der Waals surface area (Å²) in [5.41, 5.74) is 1.40. The van der Waals surface area contributed by atoms with Gasteiger partial charge in [-0.25, -0.2) is 4.98 Å². The second-order valence-corrected chi connectivity index (χ2v) is 8.20. The third-order valence-electron chi connectivity index (χ3n) is 4.98. The van der Waals surface area contributed by atoms with Gasteiger partial charge in [0.15, 0.2) is 5.96 Å². The number of aryl methyl sites for hydroxylation is 1. The van der Waals surface area contributed by atoms with Crippen molar-refractivity contribution in [2.75, 3.05) is 26.7 Å². The number of hydrogen-bond acceptors (Lipinski definition) is 4. The van der Waals surface area contributed by atoms with Crippen molar-refractivity contribution in [3.8, 4) is 0 Å². The number of nitrogens with one attached hydrogen (secondary N) is 2. The summed E-state index contributed by atoms with van der Waals surface area (Å²) in [6.07, 6.45) is 6.31. The Morgan fingerprint density at radius 2 is 2.04 bits per heavy atom. The SMILES string of the molecule is CCc1cnc(CCNC(=NC)NC2CCN(Cc3ccccc3)CC2)s1. The Hall–Kier alpha value is -1.92. The van der Waals surface area contributed by atoms with Crippen molar-refractivity contribution >= 4 is 17.3 Å². The molecule has 3 rings (SSSR count). The molecule has 1 aliphatic rings. The van der Waals surface area contributed by atoms with Crippen molar-refractivity contribution in [3.05, 3.63) is 52.0 Å². The Morgan fingerprint density at radius 1 is 1.26 bits per heavy atom. The highest BCUT2D eigenvalue weighted by molar-refractivity contribution is 7.11. The normalized spacial score (nSPS) is 16.4. The van der Waals surface area contributed by atoms with Crippen LogP contribution in [0, 0.1) is 0 Å². The van der Waals surface area contributed by atoms with Gasteiger partial charge in [0.2, 0.25) is 0 Å². The van der Waals surface area contributed by atoms with Gasteiger partial charge in [0.1, 0.15) is 0 Å². The monoisotopic (exact) mass is 385 g/mol. The van der Waals surface area contributed by atoms with Crippen LogP contribution >= 0.6 is 11.3 Å². The van der Waals surface area contributed by atoms with E-state index in [0.717, 1.165) is 57.8 Å². The van der Waals surface area contributed by atoms with Gasteiger partial charge >= 0.3 is 0 Å². The number of piperidine rings is 1. The minimum absolute atomic E-state index is 0.495. The predicted octanol–water partition coefficient (Wildman–Crippen LogP) is 3.08. The third-order valence-corrected chi connectivity index (χ3v) is 6.18. The van der Waals surface area contributed by atoms with Crippen LogP contribution in [0.25, 0.3) is 0 Å². The molecule has 2 aromatic rings. The number of nitrogens with zero attached hydrogens (tertiary/aromatic N) is 3. The molecule has 0 amide bonds. The summed E-state index contributed by atoms with van der Waals surface area (Å²) in [7, 11) is 1.85. The summed E-state index contributed by atoms with van der Waals surface area (Å²) in [6, 6.07) is 11.2. The number of thiazole rings is 1. The maximum atomic E-state index is 4.48. The van der Waals surface area contributed by atoms with E-state index >= 15 is 0 Å². The molecule has 1 aromatic carbocycles. The Morgan fingerprint density at radius 3 is 2.70 bits per heavy atom. The lowest BCUT2D eigenvalue weighted by molar-refractivity contribution is 0.198. The Bertz CT molecular complexity index is 704. The highest BCUT2D eigenvalue weighted by Gasteiger charge is 2.20. The Labute approximate surface area is 166 Å². The summed E-state index contributed by atoms with van der Waals surface area (Å²) in [5, 5.41) is 8.22. The lowest BCUT2D eigenvalue weighted by Gasteiger charge is -2.33. The van der Waals surface area contributed by atoms with E-state index in [-0.39, 0.29) is 0 Å². The maximum absolute atomic E-state index is 4.48. The Kier molecular flexibility index (Phi) is 7.66. The van der Waals surface area contributed by atoms with Gasteiger partial charge in [-0.05, 0) is 24.8 Å². The van der Waals surface area contributed by atoms with Crippen molar-refractivity contribution in [1.82, 2.24) is 20.5 Å². The van der Waals surface area contributed by atoms with Crippen LogP contribution in [0.1, 0.15) is 35.2 Å². The molecule has 0 spiro atoms. The lowest BCUT2D eigenvalue weighted by atomic mass is 10.0. The van der Waals surface area contributed by atoms with E-state index in [1.54, 1.807) is 0 Å². The van der Waals surface area contributed by atoms with Gasteiger partial charge < -0.3 is 10.6 Å². The van der Waals surface area contributed by atoms with E-state index in [9.17, 15) is 0 Å². The Balaban J connectivity index is 1.36. The molecule has 5 nitrogen and oxygen atoms in total. The summed E-state index contributed by atoms with van der Waals surface area (Å²) in [5.74, 6) is 0.906. The van der Waals surface area contributed by atoms with E-state index < -0.39 is 0 Å². The largest absolute Gasteiger partial charge is 0.356 e. The molecule has 0 unspecified atom stereocenters. The molecule has 1 aliphatic heterocycles. The second kappa shape index (κ2) is 10.4. The maximum Gasteiger partial charge on any atom is 0.191 e. The van der Waals surface area contributed by atoms with Crippen LogP contribution < -0.4 is 10.6 Å². The van der Waals surface area contributed by atoms with Crippen LogP contribution in [-0.4, -0.2) is 48.6 Å². The topological polar surface area (TPSA) is 52.6 Å². The summed E-state index contributed by atoms with van der Waals surface area (Å²) >= 11 is 1.81. The van der Waals surface area contributed by atoms with Gasteiger partial charge in [0, 0.05) is 56.8 Å². The summed E-state index contributed by atoms with van der Waals surface area (Å²) in [6.45, 7) is 6.34. The third kappa shape index (κ3) is 6.33. The lowest BCUT2D eigenvalue weighted by Crippen LogP contribution is -2.48. The minimum atomic E-state index is 0.495. The van der Waals surface area contributed by atoms with E-state index in [1.807, 2.05) is 24.6 Å². The summed E-state index contributed by atoms with van der Waals surface area (Å²) < 4.78 is 0. The molecule has 1 saturated heterocycles. The average Bonchev–Trinajstić information content (AvgIpc) is 3.17. The molecule has 1 aromatic heterocycles. The standard InChI is InChI=1S/C21H31N5S/c1-3-19-15-24-20(27-19)9-12-23-21(22-2)25-18-10-13-26(14-11-18)16-17-7-5-4-6-8-17/h4-8,15,18H,3,9-14,16H2,1-2H3,(H2,22,23,25). The molecule has 0 radical (unpaired) electrons. The van der Waals surface area contributed by atoms with E-state index in [0.29, 0.717) is 6.04 Å². The molecule has 146 valence electrons. The van der Waals surface area contributed by atoms with Crippen molar-refractivity contribution in [2.45, 2.75) is 45.2 Å². The first-order valence-electron chi connectivity index (χ1n) is 9.94. The zero-order chi connectivity index (χ0) is 18.9. The number of benzene rings is 1. The van der Waals surface area contributed by atoms with Crippen molar-refractivity contribution in [3.63, 3.8) is 0 Å². The molecule has 2 N–H and O–H groups in total. The second-order valence-electron chi connectivity index (χ2n) is 7.00. The smallest absolute Gasteiger partial charge is 0.191 e. The fourth-order valence-corrected chi connectivity index (χ4v) is 4.24. The first-order valence-corrected chi connectivity index (χ1v) is 10.8. The van der Waals surface area contributed by atoms with Gasteiger partial charge in [-0.2, -0.15) is 0 Å². The highest BCUT2D eigenvalue weighted by atomic mass is 32.1. The van der Waals surface area contributed by atoms with Crippen LogP contribution in [0.3, 0.4) is 0 Å². The number of aromatic nitrogens is 1. The zero-order valence-electron chi connectivity index (χ0n) is 16.4. The quantitative estimate of drug-likeness (QED) is 0.568. The number of hydrogen-bond donors (Lipinski definition) is 2. The first-order chi connectivity index (χ1) is 13.3. The molecule has 0 atom stereocenters. The van der Waals surface area contributed by atoms with Crippen LogP contribution in [0.5, 0.6) is 0 Å². The number of rotatable bonds is 7. The van der Waals surface area contributed by atoms with E-state index in [4.69, 9.17) is 0 Å². The molecule has 1 fully saturated rings. The zero-order valence-corrected chi connectivity index (χ0v) is 17.3.